The molecule has 1 N–H and O–H groups in total. The van der Waals surface area contributed by atoms with Crippen LogP contribution in [0, 0.1) is 0 Å². The first kappa shape index (κ1) is 14.5. The molecule has 2 heterocycles. The van der Waals surface area contributed by atoms with Crippen LogP contribution in [0.2, 0.25) is 0 Å². The van der Waals surface area contributed by atoms with Gasteiger partial charge in [0.05, 0.1) is 12.3 Å². The van der Waals surface area contributed by atoms with Crippen LogP contribution in [-0.2, 0) is 6.54 Å². The van der Waals surface area contributed by atoms with Crippen molar-refractivity contribution in [3.8, 4) is 16.3 Å². The summed E-state index contributed by atoms with van der Waals surface area (Å²) in [6.07, 6.45) is 0. The molecule has 5 heteroatoms. The lowest BCUT2D eigenvalue weighted by Crippen LogP contribution is -2.42. The third-order valence-electron chi connectivity index (χ3n) is 3.56. The molecule has 1 fully saturated rings. The Hall–Kier alpha value is -1.43. The van der Waals surface area contributed by atoms with Gasteiger partial charge in [-0.25, -0.2) is 4.98 Å². The Labute approximate surface area is 129 Å². The van der Waals surface area contributed by atoms with Gasteiger partial charge < -0.3 is 10.1 Å². The van der Waals surface area contributed by atoms with Crippen molar-refractivity contribution < 1.29 is 4.74 Å². The molecule has 0 radical (unpaired) electrons. The topological polar surface area (TPSA) is 37.4 Å². The normalized spacial score (nSPS) is 16.0. The van der Waals surface area contributed by atoms with Crippen molar-refractivity contribution in [3.63, 3.8) is 0 Å². The van der Waals surface area contributed by atoms with Gasteiger partial charge in [-0.2, -0.15) is 0 Å². The summed E-state index contributed by atoms with van der Waals surface area (Å²) in [7, 11) is 0. The highest BCUT2D eigenvalue weighted by atomic mass is 32.1. The monoisotopic (exact) mass is 303 g/mol. The lowest BCUT2D eigenvalue weighted by Gasteiger charge is -2.26. The predicted molar refractivity (Wildman–Crippen MR) is 86.9 cm³/mol. The lowest BCUT2D eigenvalue weighted by molar-refractivity contribution is 0.231. The number of nitrogens with zero attached hydrogens (tertiary/aromatic N) is 2. The van der Waals surface area contributed by atoms with Crippen LogP contribution in [0.1, 0.15) is 12.6 Å². The molecule has 1 aromatic heterocycles. The fourth-order valence-corrected chi connectivity index (χ4v) is 3.29. The van der Waals surface area contributed by atoms with Crippen molar-refractivity contribution in [2.45, 2.75) is 13.5 Å². The van der Waals surface area contributed by atoms with Crippen LogP contribution < -0.4 is 10.1 Å². The summed E-state index contributed by atoms with van der Waals surface area (Å²) in [6.45, 7) is 8.02. The van der Waals surface area contributed by atoms with Gasteiger partial charge in [-0.1, -0.05) is 0 Å². The summed E-state index contributed by atoms with van der Waals surface area (Å²) >= 11 is 1.72. The highest BCUT2D eigenvalue weighted by Gasteiger charge is 2.12. The number of rotatable bonds is 5. The van der Waals surface area contributed by atoms with Gasteiger partial charge in [0.15, 0.2) is 0 Å². The maximum absolute atomic E-state index is 5.47. The van der Waals surface area contributed by atoms with Gasteiger partial charge in [0.25, 0.3) is 0 Å². The standard InChI is InChI=1S/C16H21N3OS/c1-2-20-15-5-3-13(4-6-15)16-18-14(12-21-16)11-19-9-7-17-8-10-19/h3-6,12,17H,2,7-11H2,1H3. The van der Waals surface area contributed by atoms with E-state index < -0.39 is 0 Å². The zero-order chi connectivity index (χ0) is 14.5. The molecular weight excluding hydrogens is 282 g/mol. The van der Waals surface area contributed by atoms with E-state index in [2.05, 4.69) is 27.7 Å². The number of piperazine rings is 1. The highest BCUT2D eigenvalue weighted by molar-refractivity contribution is 7.13. The summed E-state index contributed by atoms with van der Waals surface area (Å²) in [4.78, 5) is 7.22. The quantitative estimate of drug-likeness (QED) is 0.921. The van der Waals surface area contributed by atoms with E-state index in [4.69, 9.17) is 9.72 Å². The molecule has 21 heavy (non-hydrogen) atoms. The second-order valence-corrected chi connectivity index (χ2v) is 5.99. The third kappa shape index (κ3) is 3.81. The van der Waals surface area contributed by atoms with Crippen LogP contribution in [0.5, 0.6) is 5.75 Å². The van der Waals surface area contributed by atoms with Crippen molar-refractivity contribution in [3.05, 3.63) is 35.3 Å². The molecule has 1 saturated heterocycles. The first-order chi connectivity index (χ1) is 10.3. The molecule has 0 saturated carbocycles. The third-order valence-corrected chi connectivity index (χ3v) is 4.50. The zero-order valence-electron chi connectivity index (χ0n) is 12.3. The van der Waals surface area contributed by atoms with Gasteiger partial charge in [-0.3, -0.25) is 4.90 Å². The Morgan fingerprint density at radius 1 is 1.24 bits per heavy atom. The summed E-state index contributed by atoms with van der Waals surface area (Å²) in [5.74, 6) is 0.916. The highest BCUT2D eigenvalue weighted by Crippen LogP contribution is 2.26. The second-order valence-electron chi connectivity index (χ2n) is 5.13. The summed E-state index contributed by atoms with van der Waals surface area (Å²) in [5, 5.41) is 6.64. The van der Waals surface area contributed by atoms with E-state index in [1.54, 1.807) is 11.3 Å². The SMILES string of the molecule is CCOc1ccc(-c2nc(CN3CCNCC3)cs2)cc1. The number of hydrogen-bond acceptors (Lipinski definition) is 5. The molecule has 0 unspecified atom stereocenters. The van der Waals surface area contributed by atoms with E-state index in [9.17, 15) is 0 Å². The van der Waals surface area contributed by atoms with E-state index in [0.717, 1.165) is 49.0 Å². The van der Waals surface area contributed by atoms with Crippen LogP contribution in [0.3, 0.4) is 0 Å². The average Bonchev–Trinajstić information content (AvgIpc) is 2.98. The van der Waals surface area contributed by atoms with Gasteiger partial charge >= 0.3 is 0 Å². The summed E-state index contributed by atoms with van der Waals surface area (Å²) < 4.78 is 5.47. The molecule has 0 bridgehead atoms. The van der Waals surface area contributed by atoms with E-state index in [-0.39, 0.29) is 0 Å². The van der Waals surface area contributed by atoms with Crippen LogP contribution in [0.25, 0.3) is 10.6 Å². The summed E-state index contributed by atoms with van der Waals surface area (Å²) in [5.41, 5.74) is 2.33. The van der Waals surface area contributed by atoms with Crippen molar-refractivity contribution in [1.82, 2.24) is 15.2 Å². The van der Waals surface area contributed by atoms with Crippen molar-refractivity contribution in [2.24, 2.45) is 0 Å². The Kier molecular flexibility index (Phi) is 4.85. The van der Waals surface area contributed by atoms with Crippen LogP contribution in [0.15, 0.2) is 29.6 Å². The second kappa shape index (κ2) is 7.02. The van der Waals surface area contributed by atoms with E-state index in [1.165, 1.54) is 5.69 Å². The fourth-order valence-electron chi connectivity index (χ4n) is 2.47. The minimum Gasteiger partial charge on any atom is -0.494 e. The Balaban J connectivity index is 1.66. The molecule has 4 nitrogen and oxygen atoms in total. The number of hydrogen-bond donors (Lipinski definition) is 1. The largest absolute Gasteiger partial charge is 0.494 e. The van der Waals surface area contributed by atoms with Crippen LogP contribution >= 0.6 is 11.3 Å². The van der Waals surface area contributed by atoms with Gasteiger partial charge in [0.2, 0.25) is 0 Å². The van der Waals surface area contributed by atoms with Gasteiger partial charge in [-0.15, -0.1) is 11.3 Å². The van der Waals surface area contributed by atoms with Crippen molar-refractivity contribution in [2.75, 3.05) is 32.8 Å². The summed E-state index contributed by atoms with van der Waals surface area (Å²) in [6, 6.07) is 8.18. The van der Waals surface area contributed by atoms with Gasteiger partial charge in [-0.05, 0) is 31.2 Å². The molecule has 0 atom stereocenters. The molecule has 1 aromatic carbocycles. The Morgan fingerprint density at radius 3 is 2.71 bits per heavy atom. The molecule has 112 valence electrons. The van der Waals surface area contributed by atoms with E-state index >= 15 is 0 Å². The predicted octanol–water partition coefficient (Wildman–Crippen LogP) is 2.61. The number of thiazole rings is 1. The van der Waals surface area contributed by atoms with Crippen LogP contribution in [0.4, 0.5) is 0 Å². The number of aromatic nitrogens is 1. The maximum Gasteiger partial charge on any atom is 0.123 e. The lowest BCUT2D eigenvalue weighted by atomic mass is 10.2. The first-order valence-corrected chi connectivity index (χ1v) is 8.34. The zero-order valence-corrected chi connectivity index (χ0v) is 13.2. The smallest absolute Gasteiger partial charge is 0.123 e. The first-order valence-electron chi connectivity index (χ1n) is 7.46. The van der Waals surface area contributed by atoms with E-state index in [0.29, 0.717) is 6.61 Å². The van der Waals surface area contributed by atoms with E-state index in [1.807, 2.05) is 19.1 Å². The molecule has 1 aliphatic rings. The number of nitrogens with one attached hydrogen (secondary N) is 1. The molecule has 2 aromatic rings. The number of benzene rings is 1. The van der Waals surface area contributed by atoms with Crippen molar-refractivity contribution in [1.29, 1.82) is 0 Å². The molecule has 3 rings (SSSR count). The van der Waals surface area contributed by atoms with Crippen LogP contribution in [-0.4, -0.2) is 42.7 Å². The molecule has 1 aliphatic heterocycles. The van der Waals surface area contributed by atoms with Crippen molar-refractivity contribution >= 4 is 11.3 Å². The average molecular weight is 303 g/mol. The molecular formula is C16H21N3OS. The molecule has 0 amide bonds. The van der Waals surface area contributed by atoms with Gasteiger partial charge in [0.1, 0.15) is 10.8 Å². The maximum atomic E-state index is 5.47. The minimum absolute atomic E-state index is 0.700. The Bertz CT molecular complexity index is 561. The number of ether oxygens (including phenoxy) is 1. The fraction of sp³-hybridized carbons (Fsp3) is 0.438. The van der Waals surface area contributed by atoms with Gasteiger partial charge in [0, 0.05) is 43.7 Å². The Morgan fingerprint density at radius 2 is 2.00 bits per heavy atom. The minimum atomic E-state index is 0.700. The molecule has 0 aliphatic carbocycles. The molecule has 0 spiro atoms.